The summed E-state index contributed by atoms with van der Waals surface area (Å²) < 4.78 is 7.53. The average Bonchev–Trinajstić information content (AvgIpc) is 3.05. The van der Waals surface area contributed by atoms with Gasteiger partial charge in [-0.15, -0.1) is 0 Å². The van der Waals surface area contributed by atoms with Crippen molar-refractivity contribution in [1.82, 2.24) is 4.57 Å². The molecule has 0 unspecified atom stereocenters. The second-order valence-corrected chi connectivity index (χ2v) is 7.87. The molecule has 0 N–H and O–H groups in total. The average molecular weight is 385 g/mol. The van der Waals surface area contributed by atoms with E-state index in [9.17, 15) is 14.4 Å². The molecule has 5 nitrogen and oxygen atoms in total. The first-order valence-electron chi connectivity index (χ1n) is 9.75. The van der Waals surface area contributed by atoms with Crippen LogP contribution in [0.5, 0.6) is 0 Å². The number of hydrogen-bond acceptors (Lipinski definition) is 4. The van der Waals surface area contributed by atoms with Crippen LogP contribution in [-0.4, -0.2) is 16.1 Å². The molecule has 1 aliphatic rings. The molecule has 0 amide bonds. The summed E-state index contributed by atoms with van der Waals surface area (Å²) in [5.74, 6) is -0.0735. The highest BCUT2D eigenvalue weighted by Gasteiger charge is 2.37. The second kappa shape index (κ2) is 6.27. The summed E-state index contributed by atoms with van der Waals surface area (Å²) >= 11 is 0. The Morgan fingerprint density at radius 2 is 1.48 bits per heavy atom. The zero-order valence-corrected chi connectivity index (χ0v) is 16.2. The molecule has 0 saturated carbocycles. The molecule has 5 rings (SSSR count). The first kappa shape index (κ1) is 17.6. The third kappa shape index (κ3) is 2.43. The minimum Gasteiger partial charge on any atom is -0.420 e. The number of aromatic nitrogens is 1. The lowest BCUT2D eigenvalue weighted by Crippen LogP contribution is -2.23. The van der Waals surface area contributed by atoms with E-state index in [4.69, 9.17) is 4.42 Å². The predicted molar refractivity (Wildman–Crippen MR) is 111 cm³/mol. The quantitative estimate of drug-likeness (QED) is 0.456. The molecule has 29 heavy (non-hydrogen) atoms. The van der Waals surface area contributed by atoms with Gasteiger partial charge in [0.05, 0.1) is 16.5 Å². The van der Waals surface area contributed by atoms with E-state index in [1.807, 2.05) is 16.7 Å². The fourth-order valence-corrected chi connectivity index (χ4v) is 4.18. The number of ketones is 2. The maximum Gasteiger partial charge on any atom is 0.344 e. The zero-order chi connectivity index (χ0) is 20.3. The van der Waals surface area contributed by atoms with Crippen molar-refractivity contribution in [3.63, 3.8) is 0 Å². The molecule has 5 heteroatoms. The summed E-state index contributed by atoms with van der Waals surface area (Å²) in [5, 5.41) is 1.14. The van der Waals surface area contributed by atoms with Crippen molar-refractivity contribution in [2.45, 2.75) is 26.8 Å². The van der Waals surface area contributed by atoms with Crippen molar-refractivity contribution in [2.24, 2.45) is 5.92 Å². The fraction of sp³-hybridized carbons (Fsp3) is 0.208. The van der Waals surface area contributed by atoms with Gasteiger partial charge in [-0.1, -0.05) is 56.3 Å². The smallest absolute Gasteiger partial charge is 0.344 e. The lowest BCUT2D eigenvalue weighted by atomic mass is 9.88. The minimum atomic E-state index is -0.504. The highest BCUT2D eigenvalue weighted by Crippen LogP contribution is 2.37. The van der Waals surface area contributed by atoms with Crippen molar-refractivity contribution in [3.05, 3.63) is 81.3 Å². The van der Waals surface area contributed by atoms with Crippen LogP contribution in [0.25, 0.3) is 21.9 Å². The van der Waals surface area contributed by atoms with Gasteiger partial charge in [-0.3, -0.25) is 9.59 Å². The molecule has 2 heterocycles. The van der Waals surface area contributed by atoms with Crippen LogP contribution in [0.2, 0.25) is 0 Å². The highest BCUT2D eigenvalue weighted by atomic mass is 16.4. The number of aryl methyl sites for hydroxylation is 1. The molecule has 0 fully saturated rings. The van der Waals surface area contributed by atoms with Gasteiger partial charge in [0.25, 0.3) is 0 Å². The fourth-order valence-electron chi connectivity index (χ4n) is 4.18. The molecule has 0 aliphatic heterocycles. The summed E-state index contributed by atoms with van der Waals surface area (Å²) in [4.78, 5) is 39.4. The molecule has 1 aliphatic carbocycles. The maximum atomic E-state index is 13.4. The van der Waals surface area contributed by atoms with E-state index in [0.717, 1.165) is 6.42 Å². The van der Waals surface area contributed by atoms with Crippen LogP contribution < -0.4 is 5.63 Å². The van der Waals surface area contributed by atoms with E-state index >= 15 is 0 Å². The van der Waals surface area contributed by atoms with Crippen LogP contribution in [0.1, 0.15) is 52.2 Å². The first-order chi connectivity index (χ1) is 14.0. The van der Waals surface area contributed by atoms with Crippen molar-refractivity contribution in [1.29, 1.82) is 0 Å². The first-order valence-corrected chi connectivity index (χ1v) is 9.75. The Morgan fingerprint density at radius 1 is 0.862 bits per heavy atom. The van der Waals surface area contributed by atoms with E-state index in [2.05, 4.69) is 13.8 Å². The van der Waals surface area contributed by atoms with Crippen LogP contribution in [0.3, 0.4) is 0 Å². The summed E-state index contributed by atoms with van der Waals surface area (Å²) in [6, 6.07) is 14.0. The van der Waals surface area contributed by atoms with Crippen molar-refractivity contribution >= 4 is 33.4 Å². The molecular weight excluding hydrogens is 366 g/mol. The van der Waals surface area contributed by atoms with Crippen molar-refractivity contribution in [2.75, 3.05) is 0 Å². The van der Waals surface area contributed by atoms with E-state index in [1.165, 1.54) is 0 Å². The molecule has 4 aromatic rings. The number of fused-ring (bicyclic) bond motifs is 6. The van der Waals surface area contributed by atoms with E-state index in [1.54, 1.807) is 36.4 Å². The van der Waals surface area contributed by atoms with Crippen molar-refractivity contribution < 1.29 is 14.0 Å². The van der Waals surface area contributed by atoms with Crippen LogP contribution in [0.15, 0.2) is 57.7 Å². The van der Waals surface area contributed by atoms with E-state index < -0.39 is 5.63 Å². The maximum absolute atomic E-state index is 13.4. The van der Waals surface area contributed by atoms with Gasteiger partial charge in [0, 0.05) is 23.1 Å². The Bertz CT molecular complexity index is 1390. The van der Waals surface area contributed by atoms with Crippen molar-refractivity contribution in [3.8, 4) is 0 Å². The second-order valence-electron chi connectivity index (χ2n) is 7.87. The Balaban J connectivity index is 1.95. The molecule has 0 bridgehead atoms. The molecule has 0 atom stereocenters. The number of rotatable bonds is 3. The number of carbonyl (C=O) groups is 2. The molecule has 0 saturated heterocycles. The molecule has 0 spiro atoms. The van der Waals surface area contributed by atoms with Crippen LogP contribution >= 0.6 is 0 Å². The minimum absolute atomic E-state index is 0.204. The van der Waals surface area contributed by atoms with Gasteiger partial charge in [0.2, 0.25) is 5.78 Å². The predicted octanol–water partition coefficient (Wildman–Crippen LogP) is 4.57. The van der Waals surface area contributed by atoms with Gasteiger partial charge in [-0.05, 0) is 18.4 Å². The van der Waals surface area contributed by atoms with Gasteiger partial charge >= 0.3 is 5.63 Å². The van der Waals surface area contributed by atoms with Gasteiger partial charge in [-0.25, -0.2) is 4.79 Å². The zero-order valence-electron chi connectivity index (χ0n) is 16.2. The Morgan fingerprint density at radius 3 is 2.17 bits per heavy atom. The Hall–Kier alpha value is -3.47. The molecule has 144 valence electrons. The number of nitrogens with zero attached hydrogens (tertiary/aromatic N) is 1. The molecule has 2 aromatic heterocycles. The number of carbonyl (C=O) groups excluding carboxylic acids is 2. The van der Waals surface area contributed by atoms with Gasteiger partial charge in [0.15, 0.2) is 11.4 Å². The largest absolute Gasteiger partial charge is 0.420 e. The Labute approximate surface area is 166 Å². The van der Waals surface area contributed by atoms with E-state index in [-0.39, 0.29) is 22.7 Å². The van der Waals surface area contributed by atoms with Gasteiger partial charge in [0.1, 0.15) is 5.69 Å². The van der Waals surface area contributed by atoms with Crippen LogP contribution in [-0.2, 0) is 6.54 Å². The molecule has 0 radical (unpaired) electrons. The van der Waals surface area contributed by atoms with Crippen LogP contribution in [0, 0.1) is 5.92 Å². The summed E-state index contributed by atoms with van der Waals surface area (Å²) in [6.45, 7) is 4.78. The molecular formula is C24H19NO4. The van der Waals surface area contributed by atoms with Gasteiger partial charge < -0.3 is 8.98 Å². The highest BCUT2D eigenvalue weighted by molar-refractivity contribution is 6.32. The normalized spacial score (nSPS) is 13.3. The third-order valence-electron chi connectivity index (χ3n) is 5.60. The summed E-state index contributed by atoms with van der Waals surface area (Å²) in [7, 11) is 0. The Kier molecular flexibility index (Phi) is 3.81. The topological polar surface area (TPSA) is 69.3 Å². The number of benzene rings is 2. The number of hydrogen-bond donors (Lipinski definition) is 0. The monoisotopic (exact) mass is 385 g/mol. The third-order valence-corrected chi connectivity index (χ3v) is 5.60. The standard InChI is InChI=1S/C24H19NO4/c1-13(2)11-12-25-19-14-7-3-6-10-17(14)24(28)29-23(19)18-20(25)22(27)16-9-5-4-8-15(16)21(18)26/h3-10,13H,11-12H2,1-2H3. The summed E-state index contributed by atoms with van der Waals surface area (Å²) in [5.41, 5.74) is 1.62. The van der Waals surface area contributed by atoms with Crippen LogP contribution in [0.4, 0.5) is 0 Å². The van der Waals surface area contributed by atoms with E-state index in [0.29, 0.717) is 45.6 Å². The van der Waals surface area contributed by atoms with Gasteiger partial charge in [-0.2, -0.15) is 0 Å². The summed E-state index contributed by atoms with van der Waals surface area (Å²) in [6.07, 6.45) is 0.826. The lowest BCUT2D eigenvalue weighted by Gasteiger charge is -2.17. The SMILES string of the molecule is CC(C)CCn1c2c(c3oc(=O)c4ccccc4c31)C(=O)c1ccccc1C2=O. The molecule has 2 aromatic carbocycles. The lowest BCUT2D eigenvalue weighted by molar-refractivity contribution is 0.0973.